The van der Waals surface area contributed by atoms with Crippen molar-refractivity contribution >= 4 is 0 Å². The normalized spacial score (nSPS) is 33.8. The Bertz CT molecular complexity index is 282. The number of likely N-dealkylation sites (tertiary alicyclic amines) is 2. The molecule has 2 nitrogen and oxygen atoms in total. The van der Waals surface area contributed by atoms with E-state index >= 15 is 0 Å². The third-order valence-electron chi connectivity index (χ3n) is 5.55. The largest absolute Gasteiger partial charge is 0.302 e. The second-order valence-corrected chi connectivity index (χ2v) is 7.88. The van der Waals surface area contributed by atoms with Gasteiger partial charge in [-0.1, -0.05) is 33.1 Å². The predicted molar refractivity (Wildman–Crippen MR) is 81.3 cm³/mol. The van der Waals surface area contributed by atoms with Crippen LogP contribution < -0.4 is 0 Å². The Kier molecular flexibility index (Phi) is 4.19. The number of hydrogen-bond acceptors (Lipinski definition) is 2. The minimum absolute atomic E-state index is 0.736. The van der Waals surface area contributed by atoms with E-state index < -0.39 is 0 Å². The van der Waals surface area contributed by atoms with E-state index in [1.54, 1.807) is 0 Å². The Labute approximate surface area is 119 Å². The zero-order chi connectivity index (χ0) is 13.3. The number of unbranched alkanes of at least 4 members (excludes halogenated alkanes) is 3. The molecule has 2 aliphatic heterocycles. The summed E-state index contributed by atoms with van der Waals surface area (Å²) in [5, 5.41) is 0. The molecule has 1 saturated carbocycles. The van der Waals surface area contributed by atoms with E-state index in [1.807, 2.05) is 0 Å². The quantitative estimate of drug-likeness (QED) is 0.651. The topological polar surface area (TPSA) is 6.48 Å². The average Bonchev–Trinajstić information content (AvgIpc) is 2.25. The Morgan fingerprint density at radius 3 is 2.26 bits per heavy atom. The van der Waals surface area contributed by atoms with Crippen LogP contribution in [0, 0.1) is 17.3 Å². The SMILES string of the molecule is CCCCCCN1CC2(C1)CN(CC1CC(C)C1)C2. The lowest BCUT2D eigenvalue weighted by Gasteiger charge is -2.61. The third-order valence-corrected chi connectivity index (χ3v) is 5.55. The van der Waals surface area contributed by atoms with Crippen molar-refractivity contribution in [2.45, 2.75) is 52.4 Å². The van der Waals surface area contributed by atoms with Gasteiger partial charge < -0.3 is 9.80 Å². The Morgan fingerprint density at radius 2 is 1.63 bits per heavy atom. The molecule has 2 heteroatoms. The summed E-state index contributed by atoms with van der Waals surface area (Å²) in [6, 6.07) is 0. The molecule has 0 atom stereocenters. The summed E-state index contributed by atoms with van der Waals surface area (Å²) in [7, 11) is 0. The molecule has 2 saturated heterocycles. The average molecular weight is 264 g/mol. The maximum atomic E-state index is 2.73. The molecule has 19 heavy (non-hydrogen) atoms. The standard InChI is InChI=1S/C17H32N2/c1-3-4-5-6-7-18-11-17(12-18)13-19(14-17)10-16-8-15(2)9-16/h15-16H,3-14H2,1-2H3. The number of hydrogen-bond donors (Lipinski definition) is 0. The minimum Gasteiger partial charge on any atom is -0.302 e. The summed E-state index contributed by atoms with van der Waals surface area (Å²) in [6.45, 7) is 13.1. The lowest BCUT2D eigenvalue weighted by Crippen LogP contribution is -2.72. The fraction of sp³-hybridized carbons (Fsp3) is 1.00. The van der Waals surface area contributed by atoms with Crippen LogP contribution in [0.15, 0.2) is 0 Å². The first-order valence-corrected chi connectivity index (χ1v) is 8.64. The molecular weight excluding hydrogens is 232 g/mol. The van der Waals surface area contributed by atoms with Crippen molar-refractivity contribution in [3.8, 4) is 0 Å². The van der Waals surface area contributed by atoms with Crippen LogP contribution in [-0.4, -0.2) is 49.1 Å². The van der Waals surface area contributed by atoms with E-state index in [1.165, 1.54) is 77.8 Å². The van der Waals surface area contributed by atoms with Gasteiger partial charge in [0.25, 0.3) is 0 Å². The highest BCUT2D eigenvalue weighted by Gasteiger charge is 2.51. The molecule has 2 heterocycles. The van der Waals surface area contributed by atoms with Crippen molar-refractivity contribution in [3.05, 3.63) is 0 Å². The predicted octanol–water partition coefficient (Wildman–Crippen LogP) is 3.23. The molecule has 1 aliphatic carbocycles. The van der Waals surface area contributed by atoms with Gasteiger partial charge in [-0.2, -0.15) is 0 Å². The highest BCUT2D eigenvalue weighted by Crippen LogP contribution is 2.42. The molecule has 3 aliphatic rings. The Morgan fingerprint density at radius 1 is 0.947 bits per heavy atom. The van der Waals surface area contributed by atoms with Crippen molar-refractivity contribution in [2.75, 3.05) is 39.3 Å². The van der Waals surface area contributed by atoms with Crippen molar-refractivity contribution in [2.24, 2.45) is 17.3 Å². The van der Waals surface area contributed by atoms with Crippen molar-refractivity contribution in [3.63, 3.8) is 0 Å². The Balaban J connectivity index is 1.24. The summed E-state index contributed by atoms with van der Waals surface area (Å²) >= 11 is 0. The van der Waals surface area contributed by atoms with Gasteiger partial charge in [-0.05, 0) is 37.6 Å². The smallest absolute Gasteiger partial charge is 0.0212 e. The fourth-order valence-corrected chi connectivity index (χ4v) is 4.64. The van der Waals surface area contributed by atoms with Gasteiger partial charge in [-0.25, -0.2) is 0 Å². The molecule has 0 unspecified atom stereocenters. The van der Waals surface area contributed by atoms with Crippen LogP contribution in [0.3, 0.4) is 0 Å². The van der Waals surface area contributed by atoms with E-state index in [4.69, 9.17) is 0 Å². The first kappa shape index (κ1) is 13.9. The van der Waals surface area contributed by atoms with Crippen molar-refractivity contribution < 1.29 is 0 Å². The van der Waals surface area contributed by atoms with Crippen molar-refractivity contribution in [1.82, 2.24) is 9.80 Å². The van der Waals surface area contributed by atoms with Crippen LogP contribution in [-0.2, 0) is 0 Å². The summed E-state index contributed by atoms with van der Waals surface area (Å²) in [6.07, 6.45) is 8.63. The first-order chi connectivity index (χ1) is 9.19. The third kappa shape index (κ3) is 3.16. The van der Waals surface area contributed by atoms with E-state index in [-0.39, 0.29) is 0 Å². The van der Waals surface area contributed by atoms with Crippen LogP contribution in [0.2, 0.25) is 0 Å². The molecule has 3 rings (SSSR count). The Hall–Kier alpha value is -0.0800. The van der Waals surface area contributed by atoms with Gasteiger partial charge in [-0.15, -0.1) is 0 Å². The molecule has 0 N–H and O–H groups in total. The zero-order valence-electron chi connectivity index (χ0n) is 13.0. The van der Waals surface area contributed by atoms with Crippen LogP contribution >= 0.6 is 0 Å². The summed E-state index contributed by atoms with van der Waals surface area (Å²) in [5.41, 5.74) is 0.736. The van der Waals surface area contributed by atoms with Gasteiger partial charge in [0.1, 0.15) is 0 Å². The highest BCUT2D eigenvalue weighted by atomic mass is 15.3. The molecule has 0 bridgehead atoms. The van der Waals surface area contributed by atoms with Gasteiger partial charge >= 0.3 is 0 Å². The minimum atomic E-state index is 0.736. The van der Waals surface area contributed by atoms with Crippen LogP contribution in [0.1, 0.15) is 52.4 Å². The first-order valence-electron chi connectivity index (χ1n) is 8.64. The van der Waals surface area contributed by atoms with Crippen LogP contribution in [0.25, 0.3) is 0 Å². The van der Waals surface area contributed by atoms with Gasteiger partial charge in [0.2, 0.25) is 0 Å². The fourth-order valence-electron chi connectivity index (χ4n) is 4.64. The van der Waals surface area contributed by atoms with Gasteiger partial charge in [0, 0.05) is 38.1 Å². The van der Waals surface area contributed by atoms with Gasteiger partial charge in [-0.3, -0.25) is 0 Å². The van der Waals surface area contributed by atoms with E-state index in [0.29, 0.717) is 0 Å². The molecule has 0 aromatic rings. The lowest BCUT2D eigenvalue weighted by molar-refractivity contribution is -0.123. The molecule has 0 amide bonds. The maximum Gasteiger partial charge on any atom is 0.0212 e. The van der Waals surface area contributed by atoms with Crippen LogP contribution in [0.4, 0.5) is 0 Å². The highest BCUT2D eigenvalue weighted by molar-refractivity contribution is 5.06. The van der Waals surface area contributed by atoms with Gasteiger partial charge in [0.05, 0.1) is 0 Å². The summed E-state index contributed by atoms with van der Waals surface area (Å²) in [5.74, 6) is 2.06. The maximum absolute atomic E-state index is 2.73. The van der Waals surface area contributed by atoms with E-state index in [0.717, 1.165) is 17.3 Å². The second-order valence-electron chi connectivity index (χ2n) is 7.88. The monoisotopic (exact) mass is 264 g/mol. The van der Waals surface area contributed by atoms with Gasteiger partial charge in [0.15, 0.2) is 0 Å². The van der Waals surface area contributed by atoms with E-state index in [2.05, 4.69) is 23.6 Å². The number of rotatable bonds is 7. The van der Waals surface area contributed by atoms with E-state index in [9.17, 15) is 0 Å². The molecule has 3 fully saturated rings. The molecular formula is C17H32N2. The molecule has 0 aromatic carbocycles. The summed E-state index contributed by atoms with van der Waals surface area (Å²) < 4.78 is 0. The zero-order valence-corrected chi connectivity index (χ0v) is 13.0. The van der Waals surface area contributed by atoms with Crippen LogP contribution in [0.5, 0.6) is 0 Å². The molecule has 110 valence electrons. The molecule has 1 spiro atoms. The summed E-state index contributed by atoms with van der Waals surface area (Å²) in [4.78, 5) is 5.42. The lowest BCUT2D eigenvalue weighted by atomic mass is 9.70. The van der Waals surface area contributed by atoms with Crippen molar-refractivity contribution in [1.29, 1.82) is 0 Å². The molecule has 0 radical (unpaired) electrons. The molecule has 0 aromatic heterocycles. The number of nitrogens with zero attached hydrogens (tertiary/aromatic N) is 2. The second kappa shape index (κ2) is 5.73.